The Labute approximate surface area is 188 Å². The van der Waals surface area contributed by atoms with Crippen LogP contribution in [0.3, 0.4) is 0 Å². The number of amides is 2. The van der Waals surface area contributed by atoms with Crippen molar-refractivity contribution in [2.45, 2.75) is 25.8 Å². The number of carbonyl (C=O) groups excluding carboxylic acids is 2. The van der Waals surface area contributed by atoms with E-state index >= 15 is 0 Å². The number of nitrogens with one attached hydrogen (secondary N) is 3. The maximum Gasteiger partial charge on any atom is 0.258 e. The molecule has 1 aliphatic rings. The third-order valence-electron chi connectivity index (χ3n) is 5.30. The van der Waals surface area contributed by atoms with Crippen molar-refractivity contribution in [3.05, 3.63) is 76.9 Å². The highest BCUT2D eigenvalue weighted by Gasteiger charge is 2.24. The molecule has 2 aromatic carbocycles. The van der Waals surface area contributed by atoms with Gasteiger partial charge in [0.1, 0.15) is 12.1 Å². The first kappa shape index (κ1) is 20.1. The summed E-state index contributed by atoms with van der Waals surface area (Å²) < 4.78 is 0.880. The molecular formula is C24H21N5O2S. The minimum atomic E-state index is -0.248. The standard InChI is InChI=1S/C24H21N5O2S/c1-14-7-8-17(28-23(30)15-5-3-2-4-6-15)11-19(14)29-24(31)18-12-32-21-20(18)25-13-26-22(21)27-16-9-10-16/h2-8,11-13,16H,9-10H2,1H3,(H,28,30)(H,29,31)(H,25,26,27). The molecule has 0 saturated heterocycles. The van der Waals surface area contributed by atoms with Crippen molar-refractivity contribution >= 4 is 50.6 Å². The number of fused-ring (bicyclic) bond motifs is 1. The fourth-order valence-corrected chi connectivity index (χ4v) is 4.30. The van der Waals surface area contributed by atoms with Gasteiger partial charge in [-0.15, -0.1) is 11.3 Å². The number of aryl methyl sites for hydroxylation is 1. The SMILES string of the molecule is Cc1ccc(NC(=O)c2ccccc2)cc1NC(=O)c1csc2c(NC3CC3)ncnc12. The van der Waals surface area contributed by atoms with Gasteiger partial charge in [-0.3, -0.25) is 9.59 Å². The second kappa shape index (κ2) is 8.39. The van der Waals surface area contributed by atoms with Crippen molar-refractivity contribution in [1.29, 1.82) is 0 Å². The number of aromatic nitrogens is 2. The molecule has 2 aromatic heterocycles. The minimum absolute atomic E-state index is 0.206. The third kappa shape index (κ3) is 4.17. The lowest BCUT2D eigenvalue weighted by atomic mass is 10.1. The quantitative estimate of drug-likeness (QED) is 0.386. The number of hydrogen-bond acceptors (Lipinski definition) is 6. The molecule has 2 amide bonds. The van der Waals surface area contributed by atoms with Gasteiger partial charge in [-0.05, 0) is 49.6 Å². The summed E-state index contributed by atoms with van der Waals surface area (Å²) in [5.74, 6) is 0.327. The lowest BCUT2D eigenvalue weighted by Crippen LogP contribution is -2.14. The Kier molecular flexibility index (Phi) is 5.28. The Hall–Kier alpha value is -3.78. The highest BCUT2D eigenvalue weighted by molar-refractivity contribution is 7.18. The van der Waals surface area contributed by atoms with Gasteiger partial charge < -0.3 is 16.0 Å². The molecule has 32 heavy (non-hydrogen) atoms. The normalized spacial score (nSPS) is 13.0. The largest absolute Gasteiger partial charge is 0.366 e. The molecule has 5 rings (SSSR count). The molecule has 4 aromatic rings. The number of thiophene rings is 1. The summed E-state index contributed by atoms with van der Waals surface area (Å²) in [4.78, 5) is 34.2. The summed E-state index contributed by atoms with van der Waals surface area (Å²) in [7, 11) is 0. The second-order valence-corrected chi connectivity index (χ2v) is 8.65. The van der Waals surface area contributed by atoms with Gasteiger partial charge in [-0.25, -0.2) is 9.97 Å². The molecule has 160 valence electrons. The molecule has 1 aliphatic carbocycles. The smallest absolute Gasteiger partial charge is 0.258 e. The molecular weight excluding hydrogens is 422 g/mol. The van der Waals surface area contributed by atoms with Crippen LogP contribution in [0.15, 0.2) is 60.2 Å². The first-order valence-electron chi connectivity index (χ1n) is 10.4. The van der Waals surface area contributed by atoms with E-state index in [-0.39, 0.29) is 11.8 Å². The first-order valence-corrected chi connectivity index (χ1v) is 11.2. The van der Waals surface area contributed by atoms with E-state index in [0.717, 1.165) is 28.9 Å². The van der Waals surface area contributed by atoms with E-state index in [0.29, 0.717) is 34.1 Å². The molecule has 2 heterocycles. The molecule has 0 unspecified atom stereocenters. The molecule has 0 atom stereocenters. The van der Waals surface area contributed by atoms with Crippen LogP contribution in [0.5, 0.6) is 0 Å². The minimum Gasteiger partial charge on any atom is -0.366 e. The Morgan fingerprint density at radius 3 is 2.59 bits per heavy atom. The summed E-state index contributed by atoms with van der Waals surface area (Å²) in [5, 5.41) is 11.0. The van der Waals surface area contributed by atoms with Gasteiger partial charge in [0.15, 0.2) is 0 Å². The van der Waals surface area contributed by atoms with Gasteiger partial charge >= 0.3 is 0 Å². The summed E-state index contributed by atoms with van der Waals surface area (Å²) in [6, 6.07) is 14.9. The Morgan fingerprint density at radius 2 is 1.81 bits per heavy atom. The number of carbonyl (C=O) groups is 2. The highest BCUT2D eigenvalue weighted by Crippen LogP contribution is 2.33. The Balaban J connectivity index is 1.36. The van der Waals surface area contributed by atoms with E-state index in [1.165, 1.54) is 17.7 Å². The summed E-state index contributed by atoms with van der Waals surface area (Å²) in [6.07, 6.45) is 3.77. The van der Waals surface area contributed by atoms with Crippen LogP contribution >= 0.6 is 11.3 Å². The predicted molar refractivity (Wildman–Crippen MR) is 128 cm³/mol. The molecule has 1 fully saturated rings. The first-order chi connectivity index (χ1) is 15.6. The average molecular weight is 444 g/mol. The van der Waals surface area contributed by atoms with Gasteiger partial charge in [0.05, 0.1) is 15.8 Å². The molecule has 0 aliphatic heterocycles. The monoisotopic (exact) mass is 443 g/mol. The number of nitrogens with zero attached hydrogens (tertiary/aromatic N) is 2. The van der Waals surface area contributed by atoms with Gasteiger partial charge in [-0.1, -0.05) is 24.3 Å². The van der Waals surface area contributed by atoms with E-state index in [4.69, 9.17) is 0 Å². The van der Waals surface area contributed by atoms with Crippen LogP contribution in [0.2, 0.25) is 0 Å². The summed E-state index contributed by atoms with van der Waals surface area (Å²) >= 11 is 1.46. The van der Waals surface area contributed by atoms with Crippen molar-refractivity contribution in [3.8, 4) is 0 Å². The number of rotatable bonds is 6. The number of hydrogen-bond donors (Lipinski definition) is 3. The molecule has 0 radical (unpaired) electrons. The predicted octanol–water partition coefficient (Wildman–Crippen LogP) is 5.08. The van der Waals surface area contributed by atoms with Crippen LogP contribution in [0.25, 0.3) is 10.2 Å². The van der Waals surface area contributed by atoms with Crippen LogP contribution in [-0.2, 0) is 0 Å². The van der Waals surface area contributed by atoms with Crippen molar-refractivity contribution < 1.29 is 9.59 Å². The van der Waals surface area contributed by atoms with Crippen molar-refractivity contribution in [2.24, 2.45) is 0 Å². The summed E-state index contributed by atoms with van der Waals surface area (Å²) in [5.41, 5.74) is 3.83. The van der Waals surface area contributed by atoms with E-state index in [9.17, 15) is 9.59 Å². The zero-order valence-corrected chi connectivity index (χ0v) is 18.2. The Morgan fingerprint density at radius 1 is 1.00 bits per heavy atom. The average Bonchev–Trinajstić information content (AvgIpc) is 3.51. The van der Waals surface area contributed by atoms with Crippen LogP contribution in [-0.4, -0.2) is 27.8 Å². The lowest BCUT2D eigenvalue weighted by molar-refractivity contribution is 0.102. The van der Waals surface area contributed by atoms with Gasteiger partial charge in [0.2, 0.25) is 0 Å². The van der Waals surface area contributed by atoms with Crippen LogP contribution < -0.4 is 16.0 Å². The van der Waals surface area contributed by atoms with Gasteiger partial charge in [0.25, 0.3) is 11.8 Å². The van der Waals surface area contributed by atoms with Crippen molar-refractivity contribution in [2.75, 3.05) is 16.0 Å². The maximum atomic E-state index is 13.1. The number of anilines is 3. The van der Waals surface area contributed by atoms with Crippen LogP contribution in [0, 0.1) is 6.92 Å². The molecule has 0 spiro atoms. The second-order valence-electron chi connectivity index (χ2n) is 7.77. The van der Waals surface area contributed by atoms with E-state index in [1.807, 2.05) is 42.6 Å². The van der Waals surface area contributed by atoms with Crippen molar-refractivity contribution in [1.82, 2.24) is 9.97 Å². The Bertz CT molecular complexity index is 1310. The lowest BCUT2D eigenvalue weighted by Gasteiger charge is -2.11. The number of benzene rings is 2. The van der Waals surface area contributed by atoms with Crippen LogP contribution in [0.1, 0.15) is 39.1 Å². The fourth-order valence-electron chi connectivity index (χ4n) is 3.35. The molecule has 8 heteroatoms. The van der Waals surface area contributed by atoms with E-state index in [2.05, 4.69) is 25.9 Å². The van der Waals surface area contributed by atoms with Crippen LogP contribution in [0.4, 0.5) is 17.2 Å². The van der Waals surface area contributed by atoms with Gasteiger partial charge in [0, 0.05) is 28.4 Å². The topological polar surface area (TPSA) is 96.0 Å². The van der Waals surface area contributed by atoms with Crippen molar-refractivity contribution in [3.63, 3.8) is 0 Å². The zero-order chi connectivity index (χ0) is 22.1. The molecule has 7 nitrogen and oxygen atoms in total. The summed E-state index contributed by atoms with van der Waals surface area (Å²) in [6.45, 7) is 1.91. The third-order valence-corrected chi connectivity index (χ3v) is 6.27. The van der Waals surface area contributed by atoms with Gasteiger partial charge in [-0.2, -0.15) is 0 Å². The highest BCUT2D eigenvalue weighted by atomic mass is 32.1. The zero-order valence-electron chi connectivity index (χ0n) is 17.4. The van der Waals surface area contributed by atoms with E-state index < -0.39 is 0 Å². The maximum absolute atomic E-state index is 13.1. The molecule has 3 N–H and O–H groups in total. The molecule has 1 saturated carbocycles. The fraction of sp³-hybridized carbons (Fsp3) is 0.167. The van der Waals surface area contributed by atoms with E-state index in [1.54, 1.807) is 18.2 Å². The molecule has 0 bridgehead atoms.